The van der Waals surface area contributed by atoms with Gasteiger partial charge in [0.25, 0.3) is 0 Å². The molecular weight excluding hydrogens is 545 g/mol. The molecule has 0 saturated carbocycles. The summed E-state index contributed by atoms with van der Waals surface area (Å²) in [7, 11) is 0. The van der Waals surface area contributed by atoms with Gasteiger partial charge < -0.3 is 4.74 Å². The number of ether oxygens (including phenoxy) is 1. The SMILES string of the molecule is C=CCOc1ccc(-c2ccc(-c3ccc(-c4ccc5cc(C=C)c(F)c(F)c5c4F)c(F)c3F)cc2)c(F)c1F. The molecule has 41 heavy (non-hydrogen) atoms. The van der Waals surface area contributed by atoms with Crippen LogP contribution in [0.5, 0.6) is 5.75 Å². The molecule has 0 bridgehead atoms. The maximum absolute atomic E-state index is 15.3. The number of halogens is 7. The lowest BCUT2D eigenvalue weighted by molar-refractivity contribution is 0.333. The van der Waals surface area contributed by atoms with Crippen molar-refractivity contribution in [1.82, 2.24) is 0 Å². The van der Waals surface area contributed by atoms with Gasteiger partial charge in [0, 0.05) is 27.8 Å². The minimum atomic E-state index is -1.47. The van der Waals surface area contributed by atoms with E-state index in [-0.39, 0.29) is 45.6 Å². The van der Waals surface area contributed by atoms with Gasteiger partial charge in [-0.25, -0.2) is 26.3 Å². The Labute approximate surface area is 230 Å². The maximum atomic E-state index is 15.3. The summed E-state index contributed by atoms with van der Waals surface area (Å²) in [5.41, 5.74) is -0.913. The number of rotatable bonds is 7. The molecule has 0 radical (unpaired) electrons. The molecule has 0 aromatic heterocycles. The Morgan fingerprint density at radius 1 is 0.537 bits per heavy atom. The molecule has 0 saturated heterocycles. The van der Waals surface area contributed by atoms with Crippen molar-refractivity contribution in [2.24, 2.45) is 0 Å². The fraction of sp³-hybridized carbons (Fsp3) is 0.0303. The van der Waals surface area contributed by atoms with Crippen LogP contribution in [0.15, 0.2) is 86.0 Å². The summed E-state index contributed by atoms with van der Waals surface area (Å²) in [6, 6.07) is 14.1. The Morgan fingerprint density at radius 2 is 1.05 bits per heavy atom. The van der Waals surface area contributed by atoms with E-state index in [0.29, 0.717) is 0 Å². The highest BCUT2D eigenvalue weighted by atomic mass is 19.2. The van der Waals surface area contributed by atoms with E-state index in [1.807, 2.05) is 0 Å². The Morgan fingerprint density at radius 3 is 1.66 bits per heavy atom. The van der Waals surface area contributed by atoms with Crippen molar-refractivity contribution in [2.75, 3.05) is 6.61 Å². The molecule has 0 N–H and O–H groups in total. The van der Waals surface area contributed by atoms with Crippen molar-refractivity contribution >= 4 is 16.8 Å². The predicted molar refractivity (Wildman–Crippen MR) is 146 cm³/mol. The van der Waals surface area contributed by atoms with E-state index < -0.39 is 57.2 Å². The van der Waals surface area contributed by atoms with Crippen molar-refractivity contribution < 1.29 is 35.5 Å². The average Bonchev–Trinajstić information content (AvgIpc) is 2.97. The number of fused-ring (bicyclic) bond motifs is 1. The van der Waals surface area contributed by atoms with Gasteiger partial charge in [-0.15, -0.1) is 0 Å². The first kappa shape index (κ1) is 27.7. The predicted octanol–water partition coefficient (Wildman–Crippen LogP) is 10.0. The van der Waals surface area contributed by atoms with Gasteiger partial charge in [-0.1, -0.05) is 73.8 Å². The van der Waals surface area contributed by atoms with Crippen molar-refractivity contribution in [2.45, 2.75) is 0 Å². The lowest BCUT2D eigenvalue weighted by atomic mass is 9.94. The molecule has 0 atom stereocenters. The molecule has 0 heterocycles. The smallest absolute Gasteiger partial charge is 0.201 e. The van der Waals surface area contributed by atoms with Crippen LogP contribution in [0.4, 0.5) is 30.7 Å². The second kappa shape index (κ2) is 11.0. The van der Waals surface area contributed by atoms with E-state index in [0.717, 1.165) is 18.2 Å². The molecule has 0 aliphatic heterocycles. The fourth-order valence-corrected chi connectivity index (χ4v) is 4.58. The summed E-state index contributed by atoms with van der Waals surface area (Å²) in [6.07, 6.45) is 2.46. The third kappa shape index (κ3) is 4.75. The van der Waals surface area contributed by atoms with Crippen LogP contribution in [0.25, 0.3) is 50.2 Å². The van der Waals surface area contributed by atoms with Gasteiger partial charge in [0.15, 0.2) is 34.8 Å². The molecule has 0 amide bonds. The zero-order chi connectivity index (χ0) is 29.4. The van der Waals surface area contributed by atoms with Crippen LogP contribution in [0.2, 0.25) is 0 Å². The van der Waals surface area contributed by atoms with Gasteiger partial charge in [-0.05, 0) is 34.7 Å². The molecule has 8 heteroatoms. The standard InChI is InChI=1S/C33H19F7O/c1-3-15-41-25-14-13-22(30(37)32(25)39)19-7-5-18(6-8-19)21-11-12-24(31(38)29(21)36)23-10-9-20-16-17(4-2)27(34)33(40)26(20)28(23)35/h3-14,16H,1-2,15H2. The second-order valence-corrected chi connectivity index (χ2v) is 9.03. The van der Waals surface area contributed by atoms with Gasteiger partial charge in [-0.2, -0.15) is 4.39 Å². The molecule has 1 nitrogen and oxygen atoms in total. The average molecular weight is 565 g/mol. The lowest BCUT2D eigenvalue weighted by Crippen LogP contribution is -1.99. The van der Waals surface area contributed by atoms with E-state index in [4.69, 9.17) is 4.74 Å². The minimum Gasteiger partial charge on any atom is -0.486 e. The molecule has 0 fully saturated rings. The Bertz CT molecular complexity index is 1840. The van der Waals surface area contributed by atoms with E-state index in [2.05, 4.69) is 13.2 Å². The third-order valence-corrected chi connectivity index (χ3v) is 6.65. The first-order chi connectivity index (χ1) is 19.7. The normalized spacial score (nSPS) is 11.1. The summed E-state index contributed by atoms with van der Waals surface area (Å²) in [5.74, 6) is -9.35. The summed E-state index contributed by atoms with van der Waals surface area (Å²) < 4.78 is 109. The molecule has 0 aliphatic carbocycles. The largest absolute Gasteiger partial charge is 0.486 e. The molecule has 0 unspecified atom stereocenters. The first-order valence-electron chi connectivity index (χ1n) is 12.2. The molecule has 5 rings (SSSR count). The quantitative estimate of drug-likeness (QED) is 0.141. The van der Waals surface area contributed by atoms with Crippen molar-refractivity contribution in [3.05, 3.63) is 132 Å². The second-order valence-electron chi connectivity index (χ2n) is 9.03. The number of hydrogen-bond acceptors (Lipinski definition) is 1. The van der Waals surface area contributed by atoms with Crippen LogP contribution in [0, 0.1) is 40.7 Å². The fourth-order valence-electron chi connectivity index (χ4n) is 4.58. The van der Waals surface area contributed by atoms with Crippen molar-refractivity contribution in [1.29, 1.82) is 0 Å². The molecular formula is C33H19F7O. The van der Waals surface area contributed by atoms with Crippen LogP contribution in [0.1, 0.15) is 5.56 Å². The van der Waals surface area contributed by atoms with Crippen molar-refractivity contribution in [3.8, 4) is 39.1 Å². The highest BCUT2D eigenvalue weighted by Gasteiger charge is 2.23. The Hall–Kier alpha value is -4.85. The third-order valence-electron chi connectivity index (χ3n) is 6.65. The van der Waals surface area contributed by atoms with E-state index in [9.17, 15) is 17.6 Å². The monoisotopic (exact) mass is 564 g/mol. The Kier molecular flexibility index (Phi) is 7.41. The van der Waals surface area contributed by atoms with E-state index in [1.165, 1.54) is 60.7 Å². The highest BCUT2D eigenvalue weighted by Crippen LogP contribution is 2.37. The van der Waals surface area contributed by atoms with Gasteiger partial charge in [0.1, 0.15) is 12.4 Å². The van der Waals surface area contributed by atoms with Gasteiger partial charge in [0.2, 0.25) is 5.82 Å². The van der Waals surface area contributed by atoms with Crippen LogP contribution >= 0.6 is 0 Å². The molecule has 5 aromatic carbocycles. The van der Waals surface area contributed by atoms with Crippen LogP contribution in [0.3, 0.4) is 0 Å². The van der Waals surface area contributed by atoms with Crippen LogP contribution < -0.4 is 4.74 Å². The highest BCUT2D eigenvalue weighted by molar-refractivity contribution is 5.91. The summed E-state index contributed by atoms with van der Waals surface area (Å²) in [4.78, 5) is 0. The van der Waals surface area contributed by atoms with Gasteiger partial charge >= 0.3 is 0 Å². The van der Waals surface area contributed by atoms with Gasteiger partial charge in [0.05, 0.1) is 5.39 Å². The van der Waals surface area contributed by atoms with Crippen molar-refractivity contribution in [3.63, 3.8) is 0 Å². The van der Waals surface area contributed by atoms with E-state index in [1.54, 1.807) is 0 Å². The summed E-state index contributed by atoms with van der Waals surface area (Å²) >= 11 is 0. The van der Waals surface area contributed by atoms with E-state index >= 15 is 13.2 Å². The Balaban J connectivity index is 1.51. The lowest BCUT2D eigenvalue weighted by Gasteiger charge is -2.13. The summed E-state index contributed by atoms with van der Waals surface area (Å²) in [5, 5.41) is -0.679. The first-order valence-corrected chi connectivity index (χ1v) is 12.2. The molecule has 0 aliphatic rings. The minimum absolute atomic E-state index is 0.00909. The topological polar surface area (TPSA) is 9.23 Å². The number of benzene rings is 5. The molecule has 5 aromatic rings. The maximum Gasteiger partial charge on any atom is 0.201 e. The zero-order valence-electron chi connectivity index (χ0n) is 21.2. The van der Waals surface area contributed by atoms with Crippen LogP contribution in [-0.2, 0) is 0 Å². The summed E-state index contributed by atoms with van der Waals surface area (Å²) in [6.45, 7) is 6.83. The molecule has 206 valence electrons. The number of hydrogen-bond donors (Lipinski definition) is 0. The van der Waals surface area contributed by atoms with Gasteiger partial charge in [-0.3, -0.25) is 0 Å². The molecule has 0 spiro atoms. The van der Waals surface area contributed by atoms with Crippen LogP contribution in [-0.4, -0.2) is 6.61 Å². The zero-order valence-corrected chi connectivity index (χ0v) is 21.2.